The molecule has 0 radical (unpaired) electrons. The Bertz CT molecular complexity index is 503. The van der Waals surface area contributed by atoms with Crippen molar-refractivity contribution in [2.45, 2.75) is 53.1 Å². The molecule has 0 saturated carbocycles. The summed E-state index contributed by atoms with van der Waals surface area (Å²) in [6.45, 7) is 10.5. The predicted molar refractivity (Wildman–Crippen MR) is 88.3 cm³/mol. The molecule has 1 aromatic heterocycles. The smallest absolute Gasteiger partial charge is 0.256 e. The molecule has 1 aromatic rings. The Labute approximate surface area is 133 Å². The first-order valence-corrected chi connectivity index (χ1v) is 7.78. The predicted octanol–water partition coefficient (Wildman–Crippen LogP) is 3.57. The molecule has 0 aromatic carbocycles. The number of carbonyl (C=O) groups excluding carboxylic acids is 1. The summed E-state index contributed by atoms with van der Waals surface area (Å²) < 4.78 is 11.0. The maximum absolute atomic E-state index is 12.6. The van der Waals surface area contributed by atoms with Crippen molar-refractivity contribution in [1.29, 1.82) is 0 Å². The van der Waals surface area contributed by atoms with Gasteiger partial charge in [0.05, 0.1) is 19.0 Å². The van der Waals surface area contributed by atoms with E-state index in [0.29, 0.717) is 30.5 Å². The highest BCUT2D eigenvalue weighted by Crippen LogP contribution is 2.25. The van der Waals surface area contributed by atoms with Crippen molar-refractivity contribution < 1.29 is 14.3 Å². The number of methoxy groups -OCH3 is 1. The van der Waals surface area contributed by atoms with Crippen LogP contribution in [-0.4, -0.2) is 30.2 Å². The van der Waals surface area contributed by atoms with Gasteiger partial charge >= 0.3 is 0 Å². The maximum atomic E-state index is 12.6. The van der Waals surface area contributed by atoms with Crippen LogP contribution in [0, 0.1) is 12.8 Å². The second-order valence-electron chi connectivity index (χ2n) is 6.18. The lowest BCUT2D eigenvalue weighted by molar-refractivity contribution is -0.141. The number of hydrogen-bond acceptors (Lipinski definition) is 4. The number of hydrogen-bond donors (Lipinski definition) is 1. The van der Waals surface area contributed by atoms with Crippen molar-refractivity contribution >= 4 is 11.6 Å². The number of carbonyl (C=O) groups is 1. The van der Waals surface area contributed by atoms with E-state index in [1.807, 2.05) is 26.8 Å². The molecule has 22 heavy (non-hydrogen) atoms. The zero-order valence-electron chi connectivity index (χ0n) is 14.5. The van der Waals surface area contributed by atoms with Gasteiger partial charge in [0, 0.05) is 12.2 Å². The minimum atomic E-state index is -0.835. The fraction of sp³-hybridized carbons (Fsp3) is 0.647. The molecule has 1 heterocycles. The van der Waals surface area contributed by atoms with E-state index in [4.69, 9.17) is 9.47 Å². The number of nitrogens with zero attached hydrogens (tertiary/aromatic N) is 1. The number of rotatable bonds is 8. The summed E-state index contributed by atoms with van der Waals surface area (Å²) in [7, 11) is 1.58. The third-order valence-corrected chi connectivity index (χ3v) is 3.38. The summed E-state index contributed by atoms with van der Waals surface area (Å²) in [6.07, 6.45) is 3.14. The van der Waals surface area contributed by atoms with Crippen LogP contribution >= 0.6 is 0 Å². The first-order chi connectivity index (χ1) is 10.3. The van der Waals surface area contributed by atoms with Gasteiger partial charge in [-0.05, 0) is 38.7 Å². The largest absolute Gasteiger partial charge is 0.481 e. The third kappa shape index (κ3) is 4.98. The van der Waals surface area contributed by atoms with Crippen LogP contribution in [-0.2, 0) is 9.53 Å². The van der Waals surface area contributed by atoms with Crippen molar-refractivity contribution in [3.8, 4) is 5.88 Å². The van der Waals surface area contributed by atoms with Crippen molar-refractivity contribution in [1.82, 2.24) is 4.98 Å². The number of pyridine rings is 1. The van der Waals surface area contributed by atoms with Crippen LogP contribution in [0.3, 0.4) is 0 Å². The summed E-state index contributed by atoms with van der Waals surface area (Å²) in [5, 5.41) is 2.91. The highest BCUT2D eigenvalue weighted by atomic mass is 16.5. The zero-order chi connectivity index (χ0) is 16.8. The van der Waals surface area contributed by atoms with E-state index in [0.717, 1.165) is 12.0 Å². The Balaban J connectivity index is 2.88. The van der Waals surface area contributed by atoms with E-state index in [2.05, 4.69) is 24.1 Å². The molecule has 0 aliphatic heterocycles. The summed E-state index contributed by atoms with van der Waals surface area (Å²) in [5.74, 6) is 0.787. The standard InChI is InChI=1S/C17H28N2O3/c1-7-8-22-17(5,10-12(2)3)16(20)19-14-9-13(4)15(21-6)18-11-14/h9,11-12H,7-8,10H2,1-6H3,(H,19,20). The molecule has 0 aliphatic carbocycles. The number of ether oxygens (including phenoxy) is 2. The van der Waals surface area contributed by atoms with E-state index < -0.39 is 5.60 Å². The summed E-state index contributed by atoms with van der Waals surface area (Å²) in [4.78, 5) is 16.8. The van der Waals surface area contributed by atoms with Gasteiger partial charge in [0.25, 0.3) is 5.91 Å². The lowest BCUT2D eigenvalue weighted by atomic mass is 9.93. The van der Waals surface area contributed by atoms with Gasteiger partial charge in [-0.25, -0.2) is 4.98 Å². The number of aryl methyl sites for hydroxylation is 1. The van der Waals surface area contributed by atoms with Gasteiger partial charge in [-0.2, -0.15) is 0 Å². The van der Waals surface area contributed by atoms with E-state index in [1.54, 1.807) is 13.3 Å². The van der Waals surface area contributed by atoms with E-state index in [9.17, 15) is 4.79 Å². The van der Waals surface area contributed by atoms with Crippen LogP contribution in [0.5, 0.6) is 5.88 Å². The van der Waals surface area contributed by atoms with Crippen molar-refractivity contribution in [3.05, 3.63) is 17.8 Å². The molecule has 0 bridgehead atoms. The Kier molecular flexibility index (Phi) is 6.81. The fourth-order valence-electron chi connectivity index (χ4n) is 2.43. The zero-order valence-corrected chi connectivity index (χ0v) is 14.5. The molecule has 124 valence electrons. The molecule has 1 amide bonds. The van der Waals surface area contributed by atoms with Crippen molar-refractivity contribution in [2.75, 3.05) is 19.0 Å². The first kappa shape index (κ1) is 18.4. The lowest BCUT2D eigenvalue weighted by Crippen LogP contribution is -2.44. The Morgan fingerprint density at radius 3 is 2.64 bits per heavy atom. The van der Waals surface area contributed by atoms with Gasteiger partial charge < -0.3 is 14.8 Å². The molecule has 1 unspecified atom stereocenters. The Hall–Kier alpha value is -1.62. The quantitative estimate of drug-likeness (QED) is 0.797. The highest BCUT2D eigenvalue weighted by Gasteiger charge is 2.35. The van der Waals surface area contributed by atoms with Crippen LogP contribution in [0.15, 0.2) is 12.3 Å². The minimum Gasteiger partial charge on any atom is -0.481 e. The lowest BCUT2D eigenvalue weighted by Gasteiger charge is -2.30. The van der Waals surface area contributed by atoms with E-state index >= 15 is 0 Å². The van der Waals surface area contributed by atoms with Crippen molar-refractivity contribution in [3.63, 3.8) is 0 Å². The highest BCUT2D eigenvalue weighted by molar-refractivity contribution is 5.97. The average Bonchev–Trinajstić information content (AvgIpc) is 2.44. The topological polar surface area (TPSA) is 60.5 Å². The second kappa shape index (κ2) is 8.13. The molecule has 0 saturated heterocycles. The number of anilines is 1. The molecule has 0 fully saturated rings. The summed E-state index contributed by atoms with van der Waals surface area (Å²) in [6, 6.07) is 1.85. The molecule has 5 nitrogen and oxygen atoms in total. The Morgan fingerprint density at radius 1 is 1.45 bits per heavy atom. The van der Waals surface area contributed by atoms with Gasteiger partial charge in [0.2, 0.25) is 5.88 Å². The number of nitrogens with one attached hydrogen (secondary N) is 1. The van der Waals surface area contributed by atoms with Gasteiger partial charge in [0.15, 0.2) is 0 Å². The van der Waals surface area contributed by atoms with Gasteiger partial charge in [-0.3, -0.25) is 4.79 Å². The fourth-order valence-corrected chi connectivity index (χ4v) is 2.43. The summed E-state index contributed by atoms with van der Waals surface area (Å²) >= 11 is 0. The number of amides is 1. The maximum Gasteiger partial charge on any atom is 0.256 e. The molecular weight excluding hydrogens is 280 g/mol. The van der Waals surface area contributed by atoms with Crippen LogP contribution in [0.25, 0.3) is 0 Å². The van der Waals surface area contributed by atoms with E-state index in [1.165, 1.54) is 0 Å². The molecule has 1 rings (SSSR count). The van der Waals surface area contributed by atoms with Crippen LogP contribution < -0.4 is 10.1 Å². The van der Waals surface area contributed by atoms with Gasteiger partial charge in [0.1, 0.15) is 5.60 Å². The third-order valence-electron chi connectivity index (χ3n) is 3.38. The monoisotopic (exact) mass is 308 g/mol. The Morgan fingerprint density at radius 2 is 2.14 bits per heavy atom. The van der Waals surface area contributed by atoms with Crippen LogP contribution in [0.1, 0.15) is 46.1 Å². The molecular formula is C17H28N2O3. The molecule has 1 N–H and O–H groups in total. The van der Waals surface area contributed by atoms with Gasteiger partial charge in [-0.1, -0.05) is 20.8 Å². The van der Waals surface area contributed by atoms with Crippen molar-refractivity contribution in [2.24, 2.45) is 5.92 Å². The molecule has 0 spiro atoms. The SMILES string of the molecule is CCCOC(C)(CC(C)C)C(=O)Nc1cnc(OC)c(C)c1. The van der Waals surface area contributed by atoms with E-state index in [-0.39, 0.29) is 5.91 Å². The molecule has 5 heteroatoms. The summed E-state index contributed by atoms with van der Waals surface area (Å²) in [5.41, 5.74) is 0.691. The number of aromatic nitrogens is 1. The first-order valence-electron chi connectivity index (χ1n) is 7.78. The molecule has 0 aliphatic rings. The van der Waals surface area contributed by atoms with Gasteiger partial charge in [-0.15, -0.1) is 0 Å². The normalized spacial score (nSPS) is 13.8. The van der Waals surface area contributed by atoms with Crippen LogP contribution in [0.2, 0.25) is 0 Å². The minimum absolute atomic E-state index is 0.138. The average molecular weight is 308 g/mol. The second-order valence-corrected chi connectivity index (χ2v) is 6.18. The molecule has 1 atom stereocenters. The van der Waals surface area contributed by atoms with Crippen LogP contribution in [0.4, 0.5) is 5.69 Å².